The normalized spacial score (nSPS) is 12.1. The van der Waals surface area contributed by atoms with Crippen molar-refractivity contribution in [3.05, 3.63) is 27.7 Å². The fourth-order valence-electron chi connectivity index (χ4n) is 1.70. The molecule has 7 heteroatoms. The molecule has 0 radical (unpaired) electrons. The van der Waals surface area contributed by atoms with Gasteiger partial charge in [-0.15, -0.1) is 0 Å². The highest BCUT2D eigenvalue weighted by atomic mass is 35.5. The van der Waals surface area contributed by atoms with E-state index in [2.05, 4.69) is 17.0 Å². The average Bonchev–Trinajstić information content (AvgIpc) is 2.40. The van der Waals surface area contributed by atoms with Gasteiger partial charge in [-0.05, 0) is 36.6 Å². The molecule has 0 spiro atoms. The van der Waals surface area contributed by atoms with Gasteiger partial charge in [0.1, 0.15) is 4.90 Å². The predicted octanol–water partition coefficient (Wildman–Crippen LogP) is 3.43. The van der Waals surface area contributed by atoms with Crippen molar-refractivity contribution < 1.29 is 8.42 Å². The van der Waals surface area contributed by atoms with Crippen LogP contribution in [0.5, 0.6) is 0 Å². The van der Waals surface area contributed by atoms with Gasteiger partial charge >= 0.3 is 0 Å². The molecule has 0 saturated heterocycles. The first-order chi connectivity index (χ1) is 9.77. The maximum absolute atomic E-state index is 12.3. The van der Waals surface area contributed by atoms with Gasteiger partial charge < -0.3 is 5.32 Å². The maximum atomic E-state index is 12.3. The highest BCUT2D eigenvalue weighted by molar-refractivity contribution is 7.89. The molecule has 4 nitrogen and oxygen atoms in total. The molecule has 0 amide bonds. The van der Waals surface area contributed by atoms with Crippen molar-refractivity contribution in [1.82, 2.24) is 10.0 Å². The average molecular weight is 353 g/mol. The van der Waals surface area contributed by atoms with E-state index in [0.717, 1.165) is 13.0 Å². The van der Waals surface area contributed by atoms with E-state index >= 15 is 0 Å². The van der Waals surface area contributed by atoms with Crippen molar-refractivity contribution in [2.75, 3.05) is 13.1 Å². The van der Waals surface area contributed by atoms with Crippen LogP contribution in [-0.4, -0.2) is 21.5 Å². The monoisotopic (exact) mass is 352 g/mol. The fraction of sp³-hybridized carbons (Fsp3) is 0.571. The van der Waals surface area contributed by atoms with Crippen LogP contribution in [0.3, 0.4) is 0 Å². The molecular weight excluding hydrogens is 331 g/mol. The zero-order valence-corrected chi connectivity index (χ0v) is 14.9. The van der Waals surface area contributed by atoms with Gasteiger partial charge in [-0.2, -0.15) is 0 Å². The minimum atomic E-state index is -3.66. The van der Waals surface area contributed by atoms with Crippen LogP contribution in [0, 0.1) is 5.92 Å². The Balaban J connectivity index is 3.06. The summed E-state index contributed by atoms with van der Waals surface area (Å²) >= 11 is 12.3. The minimum absolute atomic E-state index is 0.0330. The lowest BCUT2D eigenvalue weighted by Crippen LogP contribution is -2.28. The maximum Gasteiger partial charge on any atom is 0.242 e. The van der Waals surface area contributed by atoms with Gasteiger partial charge in [0.15, 0.2) is 0 Å². The Morgan fingerprint density at radius 2 is 1.90 bits per heavy atom. The van der Waals surface area contributed by atoms with Crippen molar-refractivity contribution in [3.63, 3.8) is 0 Å². The molecule has 0 bridgehead atoms. The quantitative estimate of drug-likeness (QED) is 0.704. The molecule has 21 heavy (non-hydrogen) atoms. The molecule has 0 aliphatic carbocycles. The fourth-order valence-corrected chi connectivity index (χ4v) is 3.84. The Kier molecular flexibility index (Phi) is 7.44. The standard InChI is InChI=1S/C14H22Cl2N2O2S/c1-4-5-17-9-11-6-12(15)7-13(14(11)16)21(19,20)18-8-10(2)3/h6-7,10,17-18H,4-5,8-9H2,1-3H3. The Bertz CT molecular complexity index is 575. The van der Waals surface area contributed by atoms with E-state index in [1.54, 1.807) is 6.07 Å². The summed E-state index contributed by atoms with van der Waals surface area (Å²) in [6.45, 7) is 7.59. The SMILES string of the molecule is CCCNCc1cc(Cl)cc(S(=O)(=O)NCC(C)C)c1Cl. The summed E-state index contributed by atoms with van der Waals surface area (Å²) in [5.74, 6) is 0.212. The molecule has 0 aliphatic rings. The Morgan fingerprint density at radius 3 is 2.48 bits per heavy atom. The van der Waals surface area contributed by atoms with Gasteiger partial charge in [-0.25, -0.2) is 13.1 Å². The number of rotatable bonds is 8. The molecule has 0 fully saturated rings. The molecule has 0 heterocycles. The van der Waals surface area contributed by atoms with Crippen LogP contribution >= 0.6 is 23.2 Å². The molecule has 120 valence electrons. The molecule has 0 aliphatic heterocycles. The molecule has 1 aromatic carbocycles. The van der Waals surface area contributed by atoms with E-state index in [-0.39, 0.29) is 15.8 Å². The molecule has 0 unspecified atom stereocenters. The highest BCUT2D eigenvalue weighted by Gasteiger charge is 2.21. The Morgan fingerprint density at radius 1 is 1.24 bits per heavy atom. The minimum Gasteiger partial charge on any atom is -0.313 e. The Hall–Kier alpha value is -0.330. The molecule has 2 N–H and O–H groups in total. The van der Waals surface area contributed by atoms with E-state index in [0.29, 0.717) is 23.7 Å². The highest BCUT2D eigenvalue weighted by Crippen LogP contribution is 2.29. The summed E-state index contributed by atoms with van der Waals surface area (Å²) in [5, 5.41) is 3.77. The zero-order chi connectivity index (χ0) is 16.0. The second kappa shape index (κ2) is 8.34. The van der Waals surface area contributed by atoms with Gasteiger partial charge in [-0.3, -0.25) is 0 Å². The van der Waals surface area contributed by atoms with Gasteiger partial charge in [0.05, 0.1) is 5.02 Å². The summed E-state index contributed by atoms with van der Waals surface area (Å²) < 4.78 is 27.2. The topological polar surface area (TPSA) is 58.2 Å². The van der Waals surface area contributed by atoms with Crippen LogP contribution in [0.15, 0.2) is 17.0 Å². The lowest BCUT2D eigenvalue weighted by molar-refractivity contribution is 0.560. The summed E-state index contributed by atoms with van der Waals surface area (Å²) in [7, 11) is -3.66. The first kappa shape index (κ1) is 18.7. The second-order valence-electron chi connectivity index (χ2n) is 5.30. The third-order valence-corrected chi connectivity index (χ3v) is 5.02. The largest absolute Gasteiger partial charge is 0.313 e. The first-order valence-corrected chi connectivity index (χ1v) is 9.20. The van der Waals surface area contributed by atoms with E-state index in [4.69, 9.17) is 23.2 Å². The number of hydrogen-bond acceptors (Lipinski definition) is 3. The molecule has 1 aromatic rings. The van der Waals surface area contributed by atoms with Crippen molar-refractivity contribution in [1.29, 1.82) is 0 Å². The van der Waals surface area contributed by atoms with Crippen molar-refractivity contribution in [3.8, 4) is 0 Å². The smallest absolute Gasteiger partial charge is 0.242 e. The van der Waals surface area contributed by atoms with Crippen molar-refractivity contribution in [2.45, 2.75) is 38.6 Å². The van der Waals surface area contributed by atoms with E-state index in [9.17, 15) is 8.42 Å². The van der Waals surface area contributed by atoms with Crippen LogP contribution in [0.25, 0.3) is 0 Å². The van der Waals surface area contributed by atoms with Crippen LogP contribution < -0.4 is 10.0 Å². The number of hydrogen-bond donors (Lipinski definition) is 2. The third-order valence-electron chi connectivity index (χ3n) is 2.79. The third kappa shape index (κ3) is 5.75. The number of sulfonamides is 1. The van der Waals surface area contributed by atoms with Crippen molar-refractivity contribution in [2.24, 2.45) is 5.92 Å². The molecule has 0 saturated carbocycles. The van der Waals surface area contributed by atoms with Crippen LogP contribution in [0.4, 0.5) is 0 Å². The summed E-state index contributed by atoms with van der Waals surface area (Å²) in [6.07, 6.45) is 0.985. The lowest BCUT2D eigenvalue weighted by atomic mass is 10.2. The molecule has 0 aromatic heterocycles. The van der Waals surface area contributed by atoms with E-state index < -0.39 is 10.0 Å². The second-order valence-corrected chi connectivity index (χ2v) is 7.85. The van der Waals surface area contributed by atoms with Gasteiger partial charge in [0, 0.05) is 18.1 Å². The lowest BCUT2D eigenvalue weighted by Gasteiger charge is -2.14. The zero-order valence-electron chi connectivity index (χ0n) is 12.5. The van der Waals surface area contributed by atoms with Crippen LogP contribution in [0.1, 0.15) is 32.8 Å². The van der Waals surface area contributed by atoms with E-state index in [1.807, 2.05) is 13.8 Å². The van der Waals surface area contributed by atoms with Gasteiger partial charge in [-0.1, -0.05) is 44.0 Å². The van der Waals surface area contributed by atoms with E-state index in [1.165, 1.54) is 6.07 Å². The summed E-state index contributed by atoms with van der Waals surface area (Å²) in [6, 6.07) is 3.07. The van der Waals surface area contributed by atoms with Crippen molar-refractivity contribution >= 4 is 33.2 Å². The van der Waals surface area contributed by atoms with Gasteiger partial charge in [0.2, 0.25) is 10.0 Å². The number of nitrogens with one attached hydrogen (secondary N) is 2. The molecular formula is C14H22Cl2N2O2S. The first-order valence-electron chi connectivity index (χ1n) is 6.96. The molecule has 0 atom stereocenters. The summed E-state index contributed by atoms with van der Waals surface area (Å²) in [4.78, 5) is 0.0330. The van der Waals surface area contributed by atoms with Crippen LogP contribution in [0.2, 0.25) is 10.0 Å². The summed E-state index contributed by atoms with van der Waals surface area (Å²) in [5.41, 5.74) is 0.683. The molecule has 1 rings (SSSR count). The predicted molar refractivity (Wildman–Crippen MR) is 88.5 cm³/mol. The number of halogens is 2. The van der Waals surface area contributed by atoms with Crippen LogP contribution in [-0.2, 0) is 16.6 Å². The Labute approximate surface area is 137 Å². The van der Waals surface area contributed by atoms with Gasteiger partial charge in [0.25, 0.3) is 0 Å². The number of benzene rings is 1.